The summed E-state index contributed by atoms with van der Waals surface area (Å²) in [6.07, 6.45) is 9.59. The number of hydrogen-bond donors (Lipinski definition) is 4. The molecule has 2 aromatic rings. The van der Waals surface area contributed by atoms with Crippen LogP contribution in [0.2, 0.25) is 0 Å². The zero-order chi connectivity index (χ0) is 37.0. The van der Waals surface area contributed by atoms with E-state index < -0.39 is 47.5 Å². The van der Waals surface area contributed by atoms with Crippen LogP contribution in [0.15, 0.2) is 84.5 Å². The van der Waals surface area contributed by atoms with Crippen molar-refractivity contribution in [2.24, 2.45) is 11.8 Å². The number of rotatable bonds is 19. The molecule has 1 aliphatic heterocycles. The molecule has 1 radical (unpaired) electrons. The minimum Gasteiger partial charge on any atom is -0.361 e. The van der Waals surface area contributed by atoms with Crippen molar-refractivity contribution in [2.45, 2.75) is 103 Å². The van der Waals surface area contributed by atoms with E-state index in [2.05, 4.69) is 21.3 Å². The SMILES string of the molecule is CC(C)C[C@H](NC(=O)[C@H](CCc1ccccc1)NC(=O)C1=CC[CH]C=C1)C(=O)N[C@@H](Cc1ccccc1)C(=O)N[C@@H](CC(C)C)C(=O)[C@@]1(C)CO1. The Kier molecular flexibility index (Phi) is 14.3. The zero-order valence-corrected chi connectivity index (χ0v) is 30.4. The van der Waals surface area contributed by atoms with E-state index in [9.17, 15) is 24.0 Å². The highest BCUT2D eigenvalue weighted by molar-refractivity contribution is 6.01. The molecule has 0 saturated carbocycles. The van der Waals surface area contributed by atoms with Crippen LogP contribution < -0.4 is 21.3 Å². The van der Waals surface area contributed by atoms with Crippen molar-refractivity contribution in [3.05, 3.63) is 102 Å². The van der Waals surface area contributed by atoms with Gasteiger partial charge >= 0.3 is 0 Å². The summed E-state index contributed by atoms with van der Waals surface area (Å²) in [5.74, 6) is -1.94. The first-order chi connectivity index (χ1) is 24.3. The van der Waals surface area contributed by atoms with E-state index in [-0.39, 0.29) is 29.9 Å². The highest BCUT2D eigenvalue weighted by Gasteiger charge is 2.50. The van der Waals surface area contributed by atoms with Crippen LogP contribution >= 0.6 is 0 Å². The molecule has 1 saturated heterocycles. The second kappa shape index (κ2) is 18.6. The first kappa shape index (κ1) is 39.2. The molecule has 273 valence electrons. The van der Waals surface area contributed by atoms with E-state index >= 15 is 0 Å². The number of hydrogen-bond acceptors (Lipinski definition) is 6. The van der Waals surface area contributed by atoms with Crippen molar-refractivity contribution < 1.29 is 28.7 Å². The number of allylic oxidation sites excluding steroid dienone is 2. The molecule has 0 aromatic heterocycles. The Morgan fingerprint density at radius 3 is 1.80 bits per heavy atom. The predicted octanol–water partition coefficient (Wildman–Crippen LogP) is 4.34. The topological polar surface area (TPSA) is 146 Å². The summed E-state index contributed by atoms with van der Waals surface area (Å²) in [7, 11) is 0. The number of carbonyl (C=O) groups is 5. The third-order valence-corrected chi connectivity index (χ3v) is 9.03. The Morgan fingerprint density at radius 2 is 1.24 bits per heavy atom. The lowest BCUT2D eigenvalue weighted by molar-refractivity contribution is -0.135. The van der Waals surface area contributed by atoms with E-state index in [0.717, 1.165) is 11.1 Å². The minimum absolute atomic E-state index is 0.0147. The van der Waals surface area contributed by atoms with Gasteiger partial charge in [-0.25, -0.2) is 0 Å². The van der Waals surface area contributed by atoms with Crippen LogP contribution in [0, 0.1) is 18.3 Å². The van der Waals surface area contributed by atoms with Crippen molar-refractivity contribution in [1.29, 1.82) is 0 Å². The Hall–Kier alpha value is -4.57. The third kappa shape index (κ3) is 12.3. The number of aryl methyl sites for hydroxylation is 1. The number of amides is 4. The van der Waals surface area contributed by atoms with Crippen LogP contribution in [-0.2, 0) is 41.6 Å². The summed E-state index contributed by atoms with van der Waals surface area (Å²) < 4.78 is 5.40. The fraction of sp³-hybridized carbons (Fsp3) is 0.463. The highest BCUT2D eigenvalue weighted by Crippen LogP contribution is 2.29. The van der Waals surface area contributed by atoms with E-state index in [4.69, 9.17) is 4.74 Å². The highest BCUT2D eigenvalue weighted by atomic mass is 16.6. The first-order valence-corrected chi connectivity index (χ1v) is 18.0. The van der Waals surface area contributed by atoms with Gasteiger partial charge in [0.2, 0.25) is 17.7 Å². The van der Waals surface area contributed by atoms with Gasteiger partial charge in [-0.2, -0.15) is 0 Å². The van der Waals surface area contributed by atoms with Gasteiger partial charge in [-0.15, -0.1) is 0 Å². The zero-order valence-electron chi connectivity index (χ0n) is 30.4. The Morgan fingerprint density at radius 1 is 0.706 bits per heavy atom. The maximum absolute atomic E-state index is 14.1. The fourth-order valence-corrected chi connectivity index (χ4v) is 6.05. The van der Waals surface area contributed by atoms with Gasteiger partial charge in [0.05, 0.1) is 12.6 Å². The molecule has 0 spiro atoms. The molecule has 0 bridgehead atoms. The summed E-state index contributed by atoms with van der Waals surface area (Å²) in [5, 5.41) is 11.6. The molecule has 10 heteroatoms. The van der Waals surface area contributed by atoms with Gasteiger partial charge in [0.15, 0.2) is 5.78 Å². The van der Waals surface area contributed by atoms with E-state index in [1.54, 1.807) is 25.2 Å². The number of ether oxygens (including phenoxy) is 1. The van der Waals surface area contributed by atoms with Crippen molar-refractivity contribution >= 4 is 29.4 Å². The van der Waals surface area contributed by atoms with Crippen LogP contribution in [0.1, 0.15) is 71.4 Å². The molecule has 4 amide bonds. The number of benzene rings is 2. The number of epoxide rings is 1. The molecule has 2 aliphatic rings. The van der Waals surface area contributed by atoms with Gasteiger partial charge in [-0.1, -0.05) is 107 Å². The monoisotopic (exact) mass is 697 g/mol. The Balaban J connectivity index is 1.53. The summed E-state index contributed by atoms with van der Waals surface area (Å²) in [5.41, 5.74) is 1.38. The van der Waals surface area contributed by atoms with Gasteiger partial charge in [0.25, 0.3) is 5.91 Å². The maximum atomic E-state index is 14.1. The van der Waals surface area contributed by atoms with Crippen LogP contribution in [0.5, 0.6) is 0 Å². The molecule has 1 aliphatic carbocycles. The molecule has 10 nitrogen and oxygen atoms in total. The molecule has 5 atom stereocenters. The maximum Gasteiger partial charge on any atom is 0.251 e. The van der Waals surface area contributed by atoms with Crippen LogP contribution in [0.25, 0.3) is 0 Å². The van der Waals surface area contributed by atoms with Crippen molar-refractivity contribution in [1.82, 2.24) is 21.3 Å². The van der Waals surface area contributed by atoms with Crippen molar-refractivity contribution in [2.75, 3.05) is 6.61 Å². The standard InChI is InChI=1S/C41H53N4O6/c1-27(2)23-33(36(46)41(5)26-51-41)43-40(50)35(25-30-17-11-7-12-18-30)45-39(49)34(24-28(3)4)44-38(48)32(22-21-29-15-9-6-10-16-29)42-37(47)31-19-13-8-14-20-31/h6-13,15-20,27-28,32-35H,14,21-26H2,1-5H3,(H,42,47)(H,43,50)(H,44,48)(H,45,49)/t32-,33-,34-,35-,41+/m0/s1. The number of Topliss-reactive ketones (excluding diaryl/α,β-unsaturated/α-hetero) is 1. The lowest BCUT2D eigenvalue weighted by Gasteiger charge is -2.28. The minimum atomic E-state index is -1.03. The van der Waals surface area contributed by atoms with E-state index in [1.165, 1.54) is 0 Å². The van der Waals surface area contributed by atoms with Crippen LogP contribution in [0.4, 0.5) is 0 Å². The van der Waals surface area contributed by atoms with Gasteiger partial charge in [0, 0.05) is 12.0 Å². The molecule has 2 aromatic carbocycles. The molecular weight excluding hydrogens is 644 g/mol. The average Bonchev–Trinajstić information content (AvgIpc) is 3.87. The molecule has 1 heterocycles. The molecule has 0 unspecified atom stereocenters. The summed E-state index contributed by atoms with van der Waals surface area (Å²) in [6, 6.07) is 15.3. The summed E-state index contributed by atoms with van der Waals surface area (Å²) in [6.45, 7) is 9.85. The van der Waals surface area contributed by atoms with Crippen LogP contribution in [-0.4, -0.2) is 65.8 Å². The quantitative estimate of drug-likeness (QED) is 0.161. The van der Waals surface area contributed by atoms with Gasteiger partial charge in [-0.05, 0) is 68.4 Å². The first-order valence-electron chi connectivity index (χ1n) is 18.0. The summed E-state index contributed by atoms with van der Waals surface area (Å²) in [4.78, 5) is 68.4. The smallest absolute Gasteiger partial charge is 0.251 e. The molecule has 4 N–H and O–H groups in total. The molecule has 1 fully saturated rings. The van der Waals surface area contributed by atoms with Crippen molar-refractivity contribution in [3.8, 4) is 0 Å². The predicted molar refractivity (Wildman–Crippen MR) is 197 cm³/mol. The van der Waals surface area contributed by atoms with Gasteiger partial charge < -0.3 is 26.0 Å². The third-order valence-electron chi connectivity index (χ3n) is 9.03. The average molecular weight is 698 g/mol. The second-order valence-corrected chi connectivity index (χ2v) is 14.6. The molecule has 51 heavy (non-hydrogen) atoms. The molecule has 4 rings (SSSR count). The summed E-state index contributed by atoms with van der Waals surface area (Å²) >= 11 is 0. The fourth-order valence-electron chi connectivity index (χ4n) is 6.05. The lowest BCUT2D eigenvalue weighted by atomic mass is 9.93. The van der Waals surface area contributed by atoms with Gasteiger partial charge in [0.1, 0.15) is 23.7 Å². The largest absolute Gasteiger partial charge is 0.361 e. The Labute approximate surface area is 302 Å². The molecular formula is C41H53N4O6. The number of nitrogens with one attached hydrogen (secondary N) is 4. The number of ketones is 1. The normalized spacial score (nSPS) is 18.9. The van der Waals surface area contributed by atoms with E-state index in [1.807, 2.05) is 94.8 Å². The van der Waals surface area contributed by atoms with Crippen molar-refractivity contribution in [3.63, 3.8) is 0 Å². The van der Waals surface area contributed by atoms with Crippen LogP contribution in [0.3, 0.4) is 0 Å². The van der Waals surface area contributed by atoms with Gasteiger partial charge in [-0.3, -0.25) is 24.0 Å². The number of carbonyl (C=O) groups excluding carboxylic acids is 5. The van der Waals surface area contributed by atoms with E-state index in [0.29, 0.717) is 44.3 Å². The lowest BCUT2D eigenvalue weighted by Crippen LogP contribution is -2.59. The second-order valence-electron chi connectivity index (χ2n) is 14.6. The Bertz CT molecular complexity index is 1560.